The molecule has 1 saturated heterocycles. The second-order valence-corrected chi connectivity index (χ2v) is 10.9. The third-order valence-electron chi connectivity index (χ3n) is 6.41. The van der Waals surface area contributed by atoms with E-state index in [4.69, 9.17) is 4.98 Å². The highest BCUT2D eigenvalue weighted by molar-refractivity contribution is 7.92. The number of sulfonamides is 1. The van der Waals surface area contributed by atoms with Crippen LogP contribution in [0.15, 0.2) is 67.0 Å². The lowest BCUT2D eigenvalue weighted by Gasteiger charge is -2.29. The van der Waals surface area contributed by atoms with Crippen LogP contribution < -0.4 is 19.8 Å². The van der Waals surface area contributed by atoms with Crippen LogP contribution >= 0.6 is 0 Å². The molecule has 1 aliphatic heterocycles. The molecule has 3 N–H and O–H groups in total. The van der Waals surface area contributed by atoms with Gasteiger partial charge in [-0.25, -0.2) is 13.4 Å². The van der Waals surface area contributed by atoms with Gasteiger partial charge in [0.1, 0.15) is 5.65 Å². The molecule has 0 aliphatic carbocycles. The summed E-state index contributed by atoms with van der Waals surface area (Å²) in [5, 5.41) is 17.0. The maximum absolute atomic E-state index is 12.4. The summed E-state index contributed by atoms with van der Waals surface area (Å²) in [7, 11) is -3.55. The van der Waals surface area contributed by atoms with Gasteiger partial charge in [-0.05, 0) is 42.0 Å². The van der Waals surface area contributed by atoms with Gasteiger partial charge in [-0.2, -0.15) is 4.98 Å². The van der Waals surface area contributed by atoms with Crippen LogP contribution in [0, 0.1) is 0 Å². The number of aliphatic hydroxyl groups is 1. The van der Waals surface area contributed by atoms with Crippen molar-refractivity contribution < 1.29 is 13.5 Å². The Morgan fingerprint density at radius 3 is 2.57 bits per heavy atom. The van der Waals surface area contributed by atoms with Gasteiger partial charge in [0.25, 0.3) is 0 Å². The number of aliphatic hydroxyl groups excluding tert-OH is 1. The van der Waals surface area contributed by atoms with Gasteiger partial charge in [0.05, 0.1) is 31.6 Å². The van der Waals surface area contributed by atoms with Crippen LogP contribution in [0.5, 0.6) is 0 Å². The van der Waals surface area contributed by atoms with E-state index in [2.05, 4.69) is 32.7 Å². The summed E-state index contributed by atoms with van der Waals surface area (Å²) in [4.78, 5) is 11.6. The molecule has 3 heterocycles. The van der Waals surface area contributed by atoms with Crippen LogP contribution in [0.4, 0.5) is 23.0 Å². The third kappa shape index (κ3) is 5.68. The molecule has 2 aromatic carbocycles. The van der Waals surface area contributed by atoms with Crippen molar-refractivity contribution >= 4 is 44.1 Å². The summed E-state index contributed by atoms with van der Waals surface area (Å²) in [5.41, 5.74) is 4.17. The van der Waals surface area contributed by atoms with Crippen molar-refractivity contribution in [3.8, 4) is 0 Å². The molecule has 0 amide bonds. The maximum Gasteiger partial charge on any atom is 0.232 e. The van der Waals surface area contributed by atoms with Gasteiger partial charge in [-0.15, -0.1) is 0 Å². The Hall–Kier alpha value is -3.67. The minimum absolute atomic E-state index is 0.00799. The molecule has 4 aromatic rings. The predicted molar refractivity (Wildman–Crippen MR) is 147 cm³/mol. The zero-order valence-corrected chi connectivity index (χ0v) is 21.5. The highest BCUT2D eigenvalue weighted by Gasteiger charge is 2.20. The molecule has 11 heteroatoms. The summed E-state index contributed by atoms with van der Waals surface area (Å²) >= 11 is 0. The van der Waals surface area contributed by atoms with Crippen molar-refractivity contribution in [3.05, 3.63) is 72.6 Å². The lowest BCUT2D eigenvalue weighted by molar-refractivity contribution is 0.306. The number of hydrogen-bond acceptors (Lipinski definition) is 8. The molecule has 1 aliphatic rings. The molecule has 0 spiro atoms. The number of aromatic nitrogens is 3. The monoisotopic (exact) mass is 521 g/mol. The standard InChI is InChI=1S/C26H31N7O3S/c1-37(35,36)33(16-17-34)24-5-3-2-4-21(24)19-32-13-10-20-18-28-26(30-25(20)32)29-22-6-8-23(9-7-22)31-14-11-27-12-15-31/h2-10,13,18,27,34H,11-12,14-17,19H2,1H3,(H,28,29,30). The van der Waals surface area contributed by atoms with Crippen molar-refractivity contribution in [2.45, 2.75) is 6.54 Å². The van der Waals surface area contributed by atoms with Crippen LogP contribution in [0.1, 0.15) is 5.56 Å². The molecule has 194 valence electrons. The van der Waals surface area contributed by atoms with Crippen LogP contribution in [0.2, 0.25) is 0 Å². The molecule has 1 fully saturated rings. The van der Waals surface area contributed by atoms with Gasteiger partial charge in [-0.1, -0.05) is 18.2 Å². The quantitative estimate of drug-likeness (QED) is 0.308. The molecule has 0 atom stereocenters. The number of benzene rings is 2. The zero-order chi connectivity index (χ0) is 25.8. The molecule has 2 aromatic heterocycles. The van der Waals surface area contributed by atoms with E-state index < -0.39 is 10.0 Å². The summed E-state index contributed by atoms with van der Waals surface area (Å²) in [6, 6.07) is 17.5. The summed E-state index contributed by atoms with van der Waals surface area (Å²) < 4.78 is 28.0. The minimum atomic E-state index is -3.55. The lowest BCUT2D eigenvalue weighted by atomic mass is 10.1. The summed E-state index contributed by atoms with van der Waals surface area (Å²) in [5.74, 6) is 0.480. The smallest absolute Gasteiger partial charge is 0.232 e. The number of para-hydroxylation sites is 1. The topological polar surface area (TPSA) is 116 Å². The number of piperazine rings is 1. The third-order valence-corrected chi connectivity index (χ3v) is 7.59. The van der Waals surface area contributed by atoms with Gasteiger partial charge in [0, 0.05) is 55.3 Å². The fourth-order valence-electron chi connectivity index (χ4n) is 4.59. The average Bonchev–Trinajstić information content (AvgIpc) is 3.30. The molecular weight excluding hydrogens is 490 g/mol. The first-order valence-electron chi connectivity index (χ1n) is 12.2. The van der Waals surface area contributed by atoms with Crippen LogP contribution in [-0.4, -0.2) is 73.6 Å². The van der Waals surface area contributed by atoms with Gasteiger partial charge in [0.2, 0.25) is 16.0 Å². The van der Waals surface area contributed by atoms with Crippen LogP contribution in [0.3, 0.4) is 0 Å². The van der Waals surface area contributed by atoms with Crippen molar-refractivity contribution in [3.63, 3.8) is 0 Å². The van der Waals surface area contributed by atoms with Gasteiger partial charge in [-0.3, -0.25) is 4.31 Å². The highest BCUT2D eigenvalue weighted by atomic mass is 32.2. The Balaban J connectivity index is 1.38. The summed E-state index contributed by atoms with van der Waals surface area (Å²) in [6.45, 7) is 4.10. The normalized spacial score (nSPS) is 14.2. The highest BCUT2D eigenvalue weighted by Crippen LogP contribution is 2.26. The number of fused-ring (bicyclic) bond motifs is 1. The van der Waals surface area contributed by atoms with Crippen molar-refractivity contribution in [2.24, 2.45) is 0 Å². The van der Waals surface area contributed by atoms with E-state index in [9.17, 15) is 13.5 Å². The van der Waals surface area contributed by atoms with Crippen molar-refractivity contribution in [2.75, 3.05) is 60.1 Å². The first kappa shape index (κ1) is 25.0. The maximum atomic E-state index is 12.4. The lowest BCUT2D eigenvalue weighted by Crippen LogP contribution is -2.43. The second-order valence-electron chi connectivity index (χ2n) is 9.01. The molecule has 0 bridgehead atoms. The number of nitrogens with zero attached hydrogens (tertiary/aromatic N) is 5. The summed E-state index contributed by atoms with van der Waals surface area (Å²) in [6.07, 6.45) is 4.84. The number of nitrogens with one attached hydrogen (secondary N) is 2. The van der Waals surface area contributed by atoms with Crippen LogP contribution in [-0.2, 0) is 16.6 Å². The van der Waals surface area contributed by atoms with E-state index in [1.54, 1.807) is 18.3 Å². The van der Waals surface area contributed by atoms with Crippen molar-refractivity contribution in [1.29, 1.82) is 0 Å². The largest absolute Gasteiger partial charge is 0.394 e. The molecular formula is C26H31N7O3S. The first-order chi connectivity index (χ1) is 17.9. The molecule has 5 rings (SSSR count). The Morgan fingerprint density at radius 1 is 1.08 bits per heavy atom. The Morgan fingerprint density at radius 2 is 1.84 bits per heavy atom. The first-order valence-corrected chi connectivity index (χ1v) is 14.1. The van der Waals surface area contributed by atoms with Gasteiger partial charge in [0.15, 0.2) is 0 Å². The molecule has 0 saturated carbocycles. The fraction of sp³-hybridized carbons (Fsp3) is 0.308. The predicted octanol–water partition coefficient (Wildman–Crippen LogP) is 2.39. The number of rotatable bonds is 9. The van der Waals surface area contributed by atoms with Crippen LogP contribution in [0.25, 0.3) is 11.0 Å². The Kier molecular flexibility index (Phi) is 7.26. The number of anilines is 4. The SMILES string of the molecule is CS(=O)(=O)N(CCO)c1ccccc1Cn1ccc2cnc(Nc3ccc(N4CCNCC4)cc3)nc21. The van der Waals surface area contributed by atoms with E-state index in [0.717, 1.165) is 54.7 Å². The van der Waals surface area contributed by atoms with E-state index in [-0.39, 0.29) is 13.2 Å². The fourth-order valence-corrected chi connectivity index (χ4v) is 5.54. The van der Waals surface area contributed by atoms with E-state index >= 15 is 0 Å². The Labute approximate surface area is 216 Å². The van der Waals surface area contributed by atoms with E-state index in [1.807, 2.05) is 41.1 Å². The Bertz CT molecular complexity index is 1470. The van der Waals surface area contributed by atoms with Gasteiger partial charge >= 0.3 is 0 Å². The molecule has 37 heavy (non-hydrogen) atoms. The molecule has 0 unspecified atom stereocenters. The molecule has 10 nitrogen and oxygen atoms in total. The zero-order valence-electron chi connectivity index (χ0n) is 20.7. The minimum Gasteiger partial charge on any atom is -0.394 e. The van der Waals surface area contributed by atoms with E-state index in [1.165, 1.54) is 9.99 Å². The van der Waals surface area contributed by atoms with Gasteiger partial charge < -0.3 is 25.2 Å². The molecule has 0 radical (unpaired) electrons. The number of hydrogen-bond donors (Lipinski definition) is 3. The average molecular weight is 522 g/mol. The van der Waals surface area contributed by atoms with Crippen molar-refractivity contribution in [1.82, 2.24) is 19.9 Å². The second kappa shape index (κ2) is 10.8. The van der Waals surface area contributed by atoms with E-state index in [0.29, 0.717) is 18.2 Å².